The van der Waals surface area contributed by atoms with Crippen LogP contribution in [0.5, 0.6) is 5.75 Å². The number of aliphatic imine (C=N–C) groups is 1. The predicted molar refractivity (Wildman–Crippen MR) is 98.0 cm³/mol. The van der Waals surface area contributed by atoms with E-state index in [4.69, 9.17) is 4.74 Å². The van der Waals surface area contributed by atoms with E-state index in [1.165, 1.54) is 24.3 Å². The number of guanidine groups is 1. The molecule has 1 aromatic rings. The number of benzene rings is 1. The molecule has 0 spiro atoms. The van der Waals surface area contributed by atoms with Crippen LogP contribution >= 0.6 is 24.0 Å². The molecule has 10 heteroatoms. The maximum Gasteiger partial charge on any atom is 0.390 e. The number of aliphatic hydroxyl groups is 1. The molecule has 0 saturated heterocycles. The quantitative estimate of drug-likeness (QED) is 0.232. The van der Waals surface area contributed by atoms with E-state index < -0.39 is 24.5 Å². The maximum atomic E-state index is 12.7. The summed E-state index contributed by atoms with van der Waals surface area (Å²) in [6, 6.07) is 5.31. The van der Waals surface area contributed by atoms with Gasteiger partial charge in [-0.3, -0.25) is 4.99 Å². The van der Waals surface area contributed by atoms with E-state index in [2.05, 4.69) is 15.6 Å². The second kappa shape index (κ2) is 12.1. The monoisotopic (exact) mass is 479 g/mol. The van der Waals surface area contributed by atoms with Crippen molar-refractivity contribution in [3.05, 3.63) is 30.1 Å². The Bertz CT molecular complexity index is 512. The molecule has 0 aliphatic heterocycles. The molecule has 5 nitrogen and oxygen atoms in total. The summed E-state index contributed by atoms with van der Waals surface area (Å²) in [5.74, 6) is 0.185. The summed E-state index contributed by atoms with van der Waals surface area (Å²) in [6.45, 7) is 1.81. The van der Waals surface area contributed by atoms with Crippen molar-refractivity contribution in [2.24, 2.45) is 4.99 Å². The molecule has 1 atom stereocenters. The molecule has 0 amide bonds. The van der Waals surface area contributed by atoms with Crippen LogP contribution in [-0.2, 0) is 0 Å². The van der Waals surface area contributed by atoms with E-state index in [0.29, 0.717) is 12.3 Å². The number of rotatable bonds is 8. The molecule has 25 heavy (non-hydrogen) atoms. The van der Waals surface area contributed by atoms with E-state index in [9.17, 15) is 22.7 Å². The lowest BCUT2D eigenvalue weighted by Crippen LogP contribution is -2.39. The summed E-state index contributed by atoms with van der Waals surface area (Å²) in [5.41, 5.74) is 0. The SMILES string of the molecule is CCNC(=NCC(O)COc1ccc(F)cc1)NCCC(F)(F)F.I. The summed E-state index contributed by atoms with van der Waals surface area (Å²) < 4.78 is 54.3. The Morgan fingerprint density at radius 3 is 2.44 bits per heavy atom. The van der Waals surface area contributed by atoms with Crippen LogP contribution in [0.15, 0.2) is 29.3 Å². The normalized spacial score (nSPS) is 13.0. The van der Waals surface area contributed by atoms with E-state index in [-0.39, 0.29) is 49.6 Å². The largest absolute Gasteiger partial charge is 0.491 e. The highest BCUT2D eigenvalue weighted by molar-refractivity contribution is 14.0. The standard InChI is InChI=1S/C15H21F4N3O2.HI/c1-2-20-14(21-8-7-15(17,18)19)22-9-12(23)10-24-13-5-3-11(16)4-6-13;/h3-6,12,23H,2,7-10H2,1H3,(H2,20,21,22);1H. The van der Waals surface area contributed by atoms with Crippen molar-refractivity contribution in [1.29, 1.82) is 0 Å². The molecule has 0 radical (unpaired) electrons. The number of ether oxygens (including phenoxy) is 1. The molecule has 0 fully saturated rings. The third-order valence-electron chi connectivity index (χ3n) is 2.76. The Kier molecular flexibility index (Phi) is 11.5. The Hall–Kier alpha value is -1.30. The Balaban J connectivity index is 0.00000576. The molecule has 1 rings (SSSR count). The van der Waals surface area contributed by atoms with Crippen molar-refractivity contribution in [2.75, 3.05) is 26.2 Å². The first-order valence-electron chi connectivity index (χ1n) is 7.45. The average molecular weight is 479 g/mol. The van der Waals surface area contributed by atoms with Crippen molar-refractivity contribution in [3.63, 3.8) is 0 Å². The lowest BCUT2D eigenvalue weighted by molar-refractivity contribution is -0.132. The van der Waals surface area contributed by atoms with Crippen molar-refractivity contribution in [2.45, 2.75) is 25.6 Å². The second-order valence-electron chi connectivity index (χ2n) is 4.93. The minimum absolute atomic E-state index is 0. The lowest BCUT2D eigenvalue weighted by Gasteiger charge is -2.14. The van der Waals surface area contributed by atoms with Gasteiger partial charge in [-0.2, -0.15) is 13.2 Å². The number of alkyl halides is 3. The molecule has 144 valence electrons. The van der Waals surface area contributed by atoms with Gasteiger partial charge in [0.05, 0.1) is 13.0 Å². The van der Waals surface area contributed by atoms with Gasteiger partial charge in [-0.1, -0.05) is 0 Å². The summed E-state index contributed by atoms with van der Waals surface area (Å²) in [6.07, 6.45) is -6.17. The van der Waals surface area contributed by atoms with E-state index in [1.807, 2.05) is 0 Å². The van der Waals surface area contributed by atoms with Gasteiger partial charge in [0.25, 0.3) is 0 Å². The fraction of sp³-hybridized carbons (Fsp3) is 0.533. The molecule has 0 aliphatic carbocycles. The van der Waals surface area contributed by atoms with Crippen molar-refractivity contribution in [1.82, 2.24) is 10.6 Å². The Labute approximate surface area is 160 Å². The van der Waals surface area contributed by atoms with Crippen LogP contribution in [0.25, 0.3) is 0 Å². The number of aliphatic hydroxyl groups excluding tert-OH is 1. The number of nitrogens with one attached hydrogen (secondary N) is 2. The van der Waals surface area contributed by atoms with Crippen LogP contribution in [0.3, 0.4) is 0 Å². The van der Waals surface area contributed by atoms with Crippen LogP contribution in [0.2, 0.25) is 0 Å². The van der Waals surface area contributed by atoms with Crippen LogP contribution < -0.4 is 15.4 Å². The summed E-state index contributed by atoms with van der Waals surface area (Å²) in [7, 11) is 0. The Morgan fingerprint density at radius 1 is 1.24 bits per heavy atom. The first kappa shape index (κ1) is 23.7. The third-order valence-corrected chi connectivity index (χ3v) is 2.76. The van der Waals surface area contributed by atoms with Gasteiger partial charge < -0.3 is 20.5 Å². The van der Waals surface area contributed by atoms with Gasteiger partial charge in [0.2, 0.25) is 0 Å². The van der Waals surface area contributed by atoms with Crippen molar-refractivity contribution in [3.8, 4) is 5.75 Å². The molecule has 0 aliphatic rings. The smallest absolute Gasteiger partial charge is 0.390 e. The van der Waals surface area contributed by atoms with Crippen LogP contribution in [0, 0.1) is 5.82 Å². The maximum absolute atomic E-state index is 12.7. The highest BCUT2D eigenvalue weighted by Gasteiger charge is 2.26. The molecule has 1 unspecified atom stereocenters. The summed E-state index contributed by atoms with van der Waals surface area (Å²) >= 11 is 0. The highest BCUT2D eigenvalue weighted by Crippen LogP contribution is 2.18. The molecule has 0 bridgehead atoms. The predicted octanol–water partition coefficient (Wildman–Crippen LogP) is 2.69. The summed E-state index contributed by atoms with van der Waals surface area (Å²) in [5, 5.41) is 15.1. The third kappa shape index (κ3) is 11.8. The average Bonchev–Trinajstić information content (AvgIpc) is 2.51. The number of hydrogen-bond donors (Lipinski definition) is 3. The molecular formula is C15H22F4IN3O2. The number of hydrogen-bond acceptors (Lipinski definition) is 3. The Morgan fingerprint density at radius 2 is 1.88 bits per heavy atom. The first-order chi connectivity index (χ1) is 11.3. The zero-order valence-electron chi connectivity index (χ0n) is 13.6. The zero-order chi connectivity index (χ0) is 18.0. The van der Waals surface area contributed by atoms with Crippen molar-refractivity contribution < 1.29 is 27.4 Å². The van der Waals surface area contributed by atoms with Crippen molar-refractivity contribution >= 4 is 29.9 Å². The van der Waals surface area contributed by atoms with Crippen LogP contribution in [0.1, 0.15) is 13.3 Å². The van der Waals surface area contributed by atoms with Gasteiger partial charge in [0, 0.05) is 13.1 Å². The van der Waals surface area contributed by atoms with Gasteiger partial charge in [-0.25, -0.2) is 4.39 Å². The fourth-order valence-corrected chi connectivity index (χ4v) is 1.64. The molecule has 0 heterocycles. The topological polar surface area (TPSA) is 65.9 Å². The molecule has 3 N–H and O–H groups in total. The molecule has 1 aromatic carbocycles. The van der Waals surface area contributed by atoms with Crippen LogP contribution in [-0.4, -0.2) is 49.6 Å². The first-order valence-corrected chi connectivity index (χ1v) is 7.45. The van der Waals surface area contributed by atoms with Gasteiger partial charge in [-0.15, -0.1) is 24.0 Å². The molecular weight excluding hydrogens is 457 g/mol. The fourth-order valence-electron chi connectivity index (χ4n) is 1.64. The lowest BCUT2D eigenvalue weighted by atomic mass is 10.3. The minimum atomic E-state index is -4.24. The zero-order valence-corrected chi connectivity index (χ0v) is 16.0. The molecule has 0 aromatic heterocycles. The van der Waals surface area contributed by atoms with E-state index >= 15 is 0 Å². The van der Waals surface area contributed by atoms with Gasteiger partial charge in [-0.05, 0) is 31.2 Å². The number of halogens is 5. The minimum Gasteiger partial charge on any atom is -0.491 e. The van der Waals surface area contributed by atoms with E-state index in [1.54, 1.807) is 6.92 Å². The molecule has 0 saturated carbocycles. The second-order valence-corrected chi connectivity index (χ2v) is 4.93. The van der Waals surface area contributed by atoms with Crippen LogP contribution in [0.4, 0.5) is 17.6 Å². The number of nitrogens with zero attached hydrogens (tertiary/aromatic N) is 1. The van der Waals surface area contributed by atoms with E-state index in [0.717, 1.165) is 0 Å². The van der Waals surface area contributed by atoms with Gasteiger partial charge in [0.1, 0.15) is 24.3 Å². The van der Waals surface area contributed by atoms with Gasteiger partial charge >= 0.3 is 6.18 Å². The van der Waals surface area contributed by atoms with Gasteiger partial charge in [0.15, 0.2) is 5.96 Å². The highest BCUT2D eigenvalue weighted by atomic mass is 127. The summed E-state index contributed by atoms with van der Waals surface area (Å²) in [4.78, 5) is 4.00.